The van der Waals surface area contributed by atoms with E-state index < -0.39 is 0 Å². The second-order valence-corrected chi connectivity index (χ2v) is 7.25. The van der Waals surface area contributed by atoms with E-state index in [0.717, 1.165) is 30.2 Å². The molecule has 0 unspecified atom stereocenters. The van der Waals surface area contributed by atoms with Gasteiger partial charge in [-0.15, -0.1) is 21.5 Å². The molecule has 0 spiro atoms. The van der Waals surface area contributed by atoms with E-state index in [9.17, 15) is 9.59 Å². The van der Waals surface area contributed by atoms with Gasteiger partial charge in [0.1, 0.15) is 5.82 Å². The normalized spacial score (nSPS) is 13.8. The van der Waals surface area contributed by atoms with Gasteiger partial charge in [0.2, 0.25) is 11.8 Å². The predicted molar refractivity (Wildman–Crippen MR) is 88.1 cm³/mol. The molecule has 122 valence electrons. The molecular formula is C14H17N5O2S2. The van der Waals surface area contributed by atoms with Gasteiger partial charge in [0.05, 0.1) is 5.75 Å². The lowest BCUT2D eigenvalue weighted by atomic mass is 10.3. The number of thioether (sulfide) groups is 1. The number of nitrogens with one attached hydrogen (secondary N) is 2. The monoisotopic (exact) mass is 351 g/mol. The number of hydrogen-bond donors (Lipinski definition) is 2. The minimum atomic E-state index is -0.303. The molecule has 1 aliphatic carbocycles. The summed E-state index contributed by atoms with van der Waals surface area (Å²) in [6.07, 6.45) is 3.02. The van der Waals surface area contributed by atoms with Gasteiger partial charge in [0, 0.05) is 24.3 Å². The van der Waals surface area contributed by atoms with Crippen molar-refractivity contribution in [2.45, 2.75) is 37.4 Å². The van der Waals surface area contributed by atoms with Crippen molar-refractivity contribution in [3.05, 3.63) is 28.2 Å². The molecule has 0 atom stereocenters. The Labute approximate surface area is 141 Å². The van der Waals surface area contributed by atoms with Crippen LogP contribution in [0.15, 0.2) is 22.7 Å². The quantitative estimate of drug-likeness (QED) is 0.608. The van der Waals surface area contributed by atoms with Gasteiger partial charge in [-0.2, -0.15) is 0 Å². The third-order valence-corrected chi connectivity index (χ3v) is 5.09. The summed E-state index contributed by atoms with van der Waals surface area (Å²) in [5.74, 6) is 0.558. The van der Waals surface area contributed by atoms with E-state index in [1.54, 1.807) is 11.3 Å². The molecule has 7 nitrogen and oxygen atoms in total. The van der Waals surface area contributed by atoms with Crippen LogP contribution in [0, 0.1) is 0 Å². The average molecular weight is 351 g/mol. The highest BCUT2D eigenvalue weighted by Gasteiger charge is 2.29. The van der Waals surface area contributed by atoms with E-state index in [2.05, 4.69) is 37.1 Å². The van der Waals surface area contributed by atoms with Gasteiger partial charge >= 0.3 is 0 Å². The fourth-order valence-corrected chi connectivity index (χ4v) is 3.64. The van der Waals surface area contributed by atoms with E-state index in [0.29, 0.717) is 6.04 Å². The summed E-state index contributed by atoms with van der Waals surface area (Å²) in [7, 11) is 0. The van der Waals surface area contributed by atoms with Gasteiger partial charge in [0.15, 0.2) is 5.16 Å². The van der Waals surface area contributed by atoms with Crippen molar-refractivity contribution >= 4 is 34.9 Å². The van der Waals surface area contributed by atoms with Crippen molar-refractivity contribution in [3.63, 3.8) is 0 Å². The summed E-state index contributed by atoms with van der Waals surface area (Å²) in [5, 5.41) is 11.4. The van der Waals surface area contributed by atoms with E-state index in [1.807, 2.05) is 6.07 Å². The Balaban J connectivity index is 1.64. The molecule has 9 heteroatoms. The van der Waals surface area contributed by atoms with Gasteiger partial charge < -0.3 is 4.57 Å². The second-order valence-electron chi connectivity index (χ2n) is 5.27. The first-order chi connectivity index (χ1) is 11.1. The van der Waals surface area contributed by atoms with Crippen molar-refractivity contribution in [1.82, 2.24) is 25.6 Å². The fourth-order valence-electron chi connectivity index (χ4n) is 2.12. The average Bonchev–Trinajstić information content (AvgIpc) is 3.07. The van der Waals surface area contributed by atoms with E-state index in [-0.39, 0.29) is 17.6 Å². The molecule has 2 N–H and O–H groups in total. The van der Waals surface area contributed by atoms with Gasteiger partial charge in [-0.1, -0.05) is 17.8 Å². The first-order valence-electron chi connectivity index (χ1n) is 7.28. The molecule has 1 saturated carbocycles. The summed E-state index contributed by atoms with van der Waals surface area (Å²) >= 11 is 3.04. The van der Waals surface area contributed by atoms with Gasteiger partial charge in [-0.05, 0) is 24.3 Å². The van der Waals surface area contributed by atoms with Crippen molar-refractivity contribution in [2.75, 3.05) is 5.75 Å². The zero-order chi connectivity index (χ0) is 16.2. The van der Waals surface area contributed by atoms with Crippen LogP contribution in [0.1, 0.15) is 36.5 Å². The van der Waals surface area contributed by atoms with E-state index >= 15 is 0 Å². The van der Waals surface area contributed by atoms with Gasteiger partial charge in [-0.3, -0.25) is 20.4 Å². The Morgan fingerprint density at radius 3 is 2.87 bits per heavy atom. The molecule has 2 heterocycles. The molecule has 1 fully saturated rings. The minimum Gasteiger partial charge on any atom is -0.303 e. The molecule has 0 aromatic carbocycles. The lowest BCUT2D eigenvalue weighted by Crippen LogP contribution is -2.41. The van der Waals surface area contributed by atoms with Crippen LogP contribution in [0.4, 0.5) is 0 Å². The summed E-state index contributed by atoms with van der Waals surface area (Å²) in [4.78, 5) is 23.7. The molecular weight excluding hydrogens is 334 g/mol. The predicted octanol–water partition coefficient (Wildman–Crippen LogP) is 1.52. The zero-order valence-corrected chi connectivity index (χ0v) is 14.2. The van der Waals surface area contributed by atoms with Crippen molar-refractivity contribution in [2.24, 2.45) is 0 Å². The largest absolute Gasteiger partial charge is 0.303 e. The molecule has 2 aromatic heterocycles. The van der Waals surface area contributed by atoms with Crippen LogP contribution in [0.25, 0.3) is 0 Å². The highest BCUT2D eigenvalue weighted by Crippen LogP contribution is 2.39. The SMILES string of the molecule is CC(=O)NNC(=O)CSc1nnc(Cc2cccs2)n1C1CC1. The highest BCUT2D eigenvalue weighted by atomic mass is 32.2. The zero-order valence-electron chi connectivity index (χ0n) is 12.6. The lowest BCUT2D eigenvalue weighted by molar-refractivity contribution is -0.126. The summed E-state index contributed by atoms with van der Waals surface area (Å²) in [6.45, 7) is 1.34. The molecule has 0 aliphatic heterocycles. The number of rotatable bonds is 6. The number of carbonyl (C=O) groups excluding carboxylic acids is 2. The van der Waals surface area contributed by atoms with Crippen LogP contribution in [0.3, 0.4) is 0 Å². The number of thiophene rings is 1. The Morgan fingerprint density at radius 2 is 2.22 bits per heavy atom. The smallest absolute Gasteiger partial charge is 0.248 e. The maximum Gasteiger partial charge on any atom is 0.248 e. The topological polar surface area (TPSA) is 88.9 Å². The number of nitrogens with zero attached hydrogens (tertiary/aromatic N) is 3. The fraction of sp³-hybridized carbons (Fsp3) is 0.429. The molecule has 3 rings (SSSR count). The van der Waals surface area contributed by atoms with E-state index in [1.165, 1.54) is 23.6 Å². The Bertz CT molecular complexity index is 694. The number of carbonyl (C=O) groups is 2. The summed E-state index contributed by atoms with van der Waals surface area (Å²) < 4.78 is 2.15. The first kappa shape index (κ1) is 16.0. The van der Waals surface area contributed by atoms with Gasteiger partial charge in [0.25, 0.3) is 0 Å². The number of aromatic nitrogens is 3. The maximum absolute atomic E-state index is 11.7. The third-order valence-electron chi connectivity index (χ3n) is 3.27. The molecule has 1 aliphatic rings. The third kappa shape index (κ3) is 4.32. The molecule has 0 saturated heterocycles. The number of hydrazine groups is 1. The molecule has 2 aromatic rings. The summed E-state index contributed by atoms with van der Waals surface area (Å²) in [6, 6.07) is 4.56. The Morgan fingerprint density at radius 1 is 1.39 bits per heavy atom. The Hall–Kier alpha value is -1.87. The van der Waals surface area contributed by atoms with Crippen LogP contribution in [0.5, 0.6) is 0 Å². The minimum absolute atomic E-state index is 0.185. The lowest BCUT2D eigenvalue weighted by Gasteiger charge is -2.08. The van der Waals surface area contributed by atoms with Crippen molar-refractivity contribution in [3.8, 4) is 0 Å². The summed E-state index contributed by atoms with van der Waals surface area (Å²) in [5.41, 5.74) is 4.62. The second kappa shape index (κ2) is 7.14. The van der Waals surface area contributed by atoms with Crippen LogP contribution >= 0.6 is 23.1 Å². The van der Waals surface area contributed by atoms with Gasteiger partial charge in [-0.25, -0.2) is 0 Å². The van der Waals surface area contributed by atoms with E-state index in [4.69, 9.17) is 0 Å². The number of hydrogen-bond acceptors (Lipinski definition) is 6. The van der Waals surface area contributed by atoms with Crippen LogP contribution in [0.2, 0.25) is 0 Å². The van der Waals surface area contributed by atoms with Crippen LogP contribution < -0.4 is 10.9 Å². The van der Waals surface area contributed by atoms with Crippen LogP contribution in [-0.2, 0) is 16.0 Å². The Kier molecular flexibility index (Phi) is 4.97. The maximum atomic E-state index is 11.7. The highest BCUT2D eigenvalue weighted by molar-refractivity contribution is 7.99. The molecule has 23 heavy (non-hydrogen) atoms. The number of amides is 2. The first-order valence-corrected chi connectivity index (χ1v) is 9.14. The van der Waals surface area contributed by atoms with Crippen molar-refractivity contribution in [1.29, 1.82) is 0 Å². The molecule has 2 amide bonds. The van der Waals surface area contributed by atoms with Crippen LogP contribution in [-0.4, -0.2) is 32.3 Å². The van der Waals surface area contributed by atoms with Crippen molar-refractivity contribution < 1.29 is 9.59 Å². The molecule has 0 bridgehead atoms. The standard InChI is InChI=1S/C14H17N5O2S2/c1-9(20)15-17-13(21)8-23-14-18-16-12(19(14)10-4-5-10)7-11-3-2-6-22-11/h2-3,6,10H,4-5,7-8H2,1H3,(H,15,20)(H,17,21). The molecule has 0 radical (unpaired) electrons.